The molecule has 15 heavy (non-hydrogen) atoms. The third-order valence-electron chi connectivity index (χ3n) is 2.68. The number of amides is 1. The Hall–Kier alpha value is -1.43. The predicted octanol–water partition coefficient (Wildman–Crippen LogP) is 0.0557. The molecule has 0 unspecified atom stereocenters. The molecule has 0 spiro atoms. The smallest absolute Gasteiger partial charge is 0.291 e. The summed E-state index contributed by atoms with van der Waals surface area (Å²) in [6, 6.07) is 0.247. The summed E-state index contributed by atoms with van der Waals surface area (Å²) in [5.41, 5.74) is 0. The van der Waals surface area contributed by atoms with Gasteiger partial charge in [0.2, 0.25) is 5.82 Å². The van der Waals surface area contributed by atoms with Gasteiger partial charge in [-0.3, -0.25) is 9.89 Å². The highest BCUT2D eigenvalue weighted by Crippen LogP contribution is 2.14. The van der Waals surface area contributed by atoms with Crippen molar-refractivity contribution in [3.8, 4) is 0 Å². The van der Waals surface area contributed by atoms with Crippen molar-refractivity contribution < 1.29 is 9.53 Å². The number of carbonyl (C=O) groups is 1. The number of hydrogen-bond donors (Lipinski definition) is 1. The lowest BCUT2D eigenvalue weighted by Gasteiger charge is -2.30. The minimum atomic E-state index is -0.112. The lowest BCUT2D eigenvalue weighted by Crippen LogP contribution is -2.41. The molecule has 0 bridgehead atoms. The molecule has 0 atom stereocenters. The molecule has 0 radical (unpaired) electrons. The number of nitrogens with zero attached hydrogens (tertiary/aromatic N) is 3. The first-order chi connectivity index (χ1) is 7.29. The van der Waals surface area contributed by atoms with Crippen LogP contribution >= 0.6 is 0 Å². The molecule has 2 rings (SSSR count). The average Bonchev–Trinajstić information content (AvgIpc) is 2.82. The van der Waals surface area contributed by atoms with Crippen molar-refractivity contribution in [3.05, 3.63) is 12.2 Å². The third kappa shape index (κ3) is 2.15. The highest BCUT2D eigenvalue weighted by atomic mass is 16.5. The standard InChI is InChI=1S/C9H14N4O2/c1-13(7-2-4-15-5-3-7)9(14)8-10-6-11-12-8/h6-7H,2-5H2,1H3,(H,10,11,12). The van der Waals surface area contributed by atoms with Crippen LogP contribution in [0.3, 0.4) is 0 Å². The van der Waals surface area contributed by atoms with Gasteiger partial charge in [-0.2, -0.15) is 5.10 Å². The molecule has 82 valence electrons. The number of H-pyrrole nitrogens is 1. The van der Waals surface area contributed by atoms with E-state index in [0.717, 1.165) is 26.1 Å². The fourth-order valence-electron chi connectivity index (χ4n) is 1.71. The number of carbonyl (C=O) groups excluding carboxylic acids is 1. The predicted molar refractivity (Wildman–Crippen MR) is 52.3 cm³/mol. The lowest BCUT2D eigenvalue weighted by molar-refractivity contribution is 0.0355. The van der Waals surface area contributed by atoms with Crippen molar-refractivity contribution in [2.45, 2.75) is 18.9 Å². The zero-order valence-electron chi connectivity index (χ0n) is 8.64. The van der Waals surface area contributed by atoms with Crippen molar-refractivity contribution in [2.24, 2.45) is 0 Å². The largest absolute Gasteiger partial charge is 0.381 e. The van der Waals surface area contributed by atoms with Gasteiger partial charge in [-0.15, -0.1) is 0 Å². The van der Waals surface area contributed by atoms with Gasteiger partial charge in [-0.05, 0) is 12.8 Å². The average molecular weight is 210 g/mol. The Kier molecular flexibility index (Phi) is 2.96. The van der Waals surface area contributed by atoms with Crippen LogP contribution in [0.2, 0.25) is 0 Å². The lowest BCUT2D eigenvalue weighted by atomic mass is 10.1. The summed E-state index contributed by atoms with van der Waals surface area (Å²) in [4.78, 5) is 17.4. The van der Waals surface area contributed by atoms with Gasteiger partial charge in [-0.25, -0.2) is 4.98 Å². The monoisotopic (exact) mass is 210 g/mol. The molecule has 0 aliphatic carbocycles. The summed E-state index contributed by atoms with van der Waals surface area (Å²) in [5, 5.41) is 6.24. The molecule has 1 aromatic rings. The number of hydrogen-bond acceptors (Lipinski definition) is 4. The molecule has 1 aromatic heterocycles. The van der Waals surface area contributed by atoms with Crippen LogP contribution in [0, 0.1) is 0 Å². The molecular formula is C9H14N4O2. The van der Waals surface area contributed by atoms with E-state index in [0.29, 0.717) is 5.82 Å². The fourth-order valence-corrected chi connectivity index (χ4v) is 1.71. The van der Waals surface area contributed by atoms with Gasteiger partial charge >= 0.3 is 0 Å². The van der Waals surface area contributed by atoms with Crippen LogP contribution in [0.5, 0.6) is 0 Å². The van der Waals surface area contributed by atoms with E-state index < -0.39 is 0 Å². The maximum atomic E-state index is 11.9. The van der Waals surface area contributed by atoms with E-state index in [1.54, 1.807) is 11.9 Å². The summed E-state index contributed by atoms with van der Waals surface area (Å²) in [6.07, 6.45) is 3.11. The summed E-state index contributed by atoms with van der Waals surface area (Å²) >= 11 is 0. The molecule has 0 saturated carbocycles. The highest BCUT2D eigenvalue weighted by Gasteiger charge is 2.24. The first-order valence-electron chi connectivity index (χ1n) is 4.99. The van der Waals surface area contributed by atoms with Gasteiger partial charge in [-0.1, -0.05) is 0 Å². The van der Waals surface area contributed by atoms with E-state index >= 15 is 0 Å². The molecule has 6 nitrogen and oxygen atoms in total. The Bertz CT molecular complexity index is 319. The molecule has 6 heteroatoms. The summed E-state index contributed by atoms with van der Waals surface area (Å²) < 4.78 is 5.25. The molecule has 1 fully saturated rings. The SMILES string of the molecule is CN(C(=O)c1ncn[nH]1)C1CCOCC1. The van der Waals surface area contributed by atoms with Crippen LogP contribution in [0.15, 0.2) is 6.33 Å². The zero-order valence-corrected chi connectivity index (χ0v) is 8.64. The summed E-state index contributed by atoms with van der Waals surface area (Å²) in [5.74, 6) is 0.184. The Morgan fingerprint density at radius 1 is 1.60 bits per heavy atom. The van der Waals surface area contributed by atoms with Crippen molar-refractivity contribution >= 4 is 5.91 Å². The van der Waals surface area contributed by atoms with Gasteiger partial charge in [0.25, 0.3) is 5.91 Å². The van der Waals surface area contributed by atoms with Crippen molar-refractivity contribution in [1.29, 1.82) is 0 Å². The molecule has 1 aliphatic rings. The first-order valence-corrected chi connectivity index (χ1v) is 4.99. The Morgan fingerprint density at radius 3 is 2.93 bits per heavy atom. The second-order valence-corrected chi connectivity index (χ2v) is 3.59. The fraction of sp³-hybridized carbons (Fsp3) is 0.667. The number of ether oxygens (including phenoxy) is 1. The maximum absolute atomic E-state index is 11.9. The van der Waals surface area contributed by atoms with Gasteiger partial charge < -0.3 is 9.64 Å². The second-order valence-electron chi connectivity index (χ2n) is 3.59. The van der Waals surface area contributed by atoms with E-state index in [-0.39, 0.29) is 11.9 Å². The van der Waals surface area contributed by atoms with Crippen LogP contribution in [-0.4, -0.2) is 52.3 Å². The normalized spacial score (nSPS) is 17.7. The Morgan fingerprint density at radius 2 is 2.33 bits per heavy atom. The minimum absolute atomic E-state index is 0.112. The molecular weight excluding hydrogens is 196 g/mol. The number of nitrogens with one attached hydrogen (secondary N) is 1. The quantitative estimate of drug-likeness (QED) is 0.749. The number of aromatic amines is 1. The highest BCUT2D eigenvalue weighted by molar-refractivity contribution is 5.90. The first kappa shape index (κ1) is 10.1. The van der Waals surface area contributed by atoms with E-state index in [1.807, 2.05) is 0 Å². The molecule has 1 amide bonds. The van der Waals surface area contributed by atoms with E-state index in [2.05, 4.69) is 15.2 Å². The van der Waals surface area contributed by atoms with Gasteiger partial charge in [0.1, 0.15) is 6.33 Å². The zero-order chi connectivity index (χ0) is 10.7. The van der Waals surface area contributed by atoms with Crippen LogP contribution in [0.4, 0.5) is 0 Å². The summed E-state index contributed by atoms with van der Waals surface area (Å²) in [7, 11) is 1.79. The van der Waals surface area contributed by atoms with Crippen LogP contribution in [0.1, 0.15) is 23.5 Å². The van der Waals surface area contributed by atoms with Gasteiger partial charge in [0.15, 0.2) is 0 Å². The van der Waals surface area contributed by atoms with E-state index in [9.17, 15) is 4.79 Å². The molecule has 2 heterocycles. The molecule has 1 aliphatic heterocycles. The van der Waals surface area contributed by atoms with E-state index in [4.69, 9.17) is 4.74 Å². The Labute approximate surface area is 87.6 Å². The topological polar surface area (TPSA) is 71.1 Å². The van der Waals surface area contributed by atoms with Gasteiger partial charge in [0.05, 0.1) is 0 Å². The third-order valence-corrected chi connectivity index (χ3v) is 2.68. The van der Waals surface area contributed by atoms with Crippen LogP contribution < -0.4 is 0 Å². The molecule has 1 saturated heterocycles. The Balaban J connectivity index is 2.00. The van der Waals surface area contributed by atoms with E-state index in [1.165, 1.54) is 6.33 Å². The number of aromatic nitrogens is 3. The minimum Gasteiger partial charge on any atom is -0.381 e. The van der Waals surface area contributed by atoms with Gasteiger partial charge in [0, 0.05) is 26.3 Å². The number of rotatable bonds is 2. The van der Waals surface area contributed by atoms with Crippen molar-refractivity contribution in [1.82, 2.24) is 20.1 Å². The van der Waals surface area contributed by atoms with Crippen molar-refractivity contribution in [3.63, 3.8) is 0 Å². The molecule has 1 N–H and O–H groups in total. The maximum Gasteiger partial charge on any atom is 0.291 e. The van der Waals surface area contributed by atoms with Crippen molar-refractivity contribution in [2.75, 3.05) is 20.3 Å². The van der Waals surface area contributed by atoms with Crippen LogP contribution in [-0.2, 0) is 4.74 Å². The summed E-state index contributed by atoms with van der Waals surface area (Å²) in [6.45, 7) is 1.44. The second kappa shape index (κ2) is 4.39. The van der Waals surface area contributed by atoms with Crippen LogP contribution in [0.25, 0.3) is 0 Å². The molecule has 0 aromatic carbocycles.